The van der Waals surface area contributed by atoms with Crippen molar-refractivity contribution >= 4 is 28.4 Å². The average molecular weight is 457 g/mol. The summed E-state index contributed by atoms with van der Waals surface area (Å²) in [5, 5.41) is 3.28. The van der Waals surface area contributed by atoms with E-state index in [-0.39, 0.29) is 23.9 Å². The number of ether oxygens (including phenoxy) is 1. The number of carbonyl (C=O) groups is 2. The van der Waals surface area contributed by atoms with E-state index in [4.69, 9.17) is 4.74 Å². The van der Waals surface area contributed by atoms with Crippen LogP contribution in [0, 0.1) is 6.92 Å². The number of anilines is 1. The van der Waals surface area contributed by atoms with E-state index in [0.29, 0.717) is 39.4 Å². The highest BCUT2D eigenvalue weighted by atomic mass is 16.5. The van der Waals surface area contributed by atoms with Gasteiger partial charge in [-0.05, 0) is 55.5 Å². The Kier molecular flexibility index (Phi) is 6.40. The first-order valence-corrected chi connectivity index (χ1v) is 10.7. The molecular weight excluding hydrogens is 432 g/mol. The van der Waals surface area contributed by atoms with Crippen molar-refractivity contribution in [1.82, 2.24) is 14.5 Å². The third-order valence-electron chi connectivity index (χ3n) is 5.40. The van der Waals surface area contributed by atoms with Crippen LogP contribution >= 0.6 is 0 Å². The molecule has 1 heterocycles. The van der Waals surface area contributed by atoms with E-state index in [1.807, 2.05) is 6.07 Å². The lowest BCUT2D eigenvalue weighted by molar-refractivity contribution is -0.116. The summed E-state index contributed by atoms with van der Waals surface area (Å²) in [6.45, 7) is 1.65. The second kappa shape index (κ2) is 9.58. The molecule has 4 aromatic rings. The quantitative estimate of drug-likeness (QED) is 0.480. The molecule has 0 atom stereocenters. The van der Waals surface area contributed by atoms with Crippen LogP contribution in [-0.4, -0.2) is 47.0 Å². The smallest absolute Gasteiger partial charge is 0.265 e. The van der Waals surface area contributed by atoms with Crippen LogP contribution in [-0.2, 0) is 4.79 Å². The predicted octanol–water partition coefficient (Wildman–Crippen LogP) is 3.41. The molecule has 8 nitrogen and oxygen atoms in total. The number of para-hydroxylation sites is 1. The van der Waals surface area contributed by atoms with Gasteiger partial charge in [-0.15, -0.1) is 0 Å². The Balaban J connectivity index is 1.48. The summed E-state index contributed by atoms with van der Waals surface area (Å²) in [6.07, 6.45) is 0. The average Bonchev–Trinajstić information content (AvgIpc) is 2.84. The number of carbonyl (C=O) groups excluding carboxylic acids is 2. The van der Waals surface area contributed by atoms with Gasteiger partial charge in [-0.2, -0.15) is 0 Å². The Morgan fingerprint density at radius 3 is 2.50 bits per heavy atom. The van der Waals surface area contributed by atoms with Crippen molar-refractivity contribution in [2.75, 3.05) is 26.0 Å². The fourth-order valence-corrected chi connectivity index (χ4v) is 3.71. The molecule has 1 N–H and O–H groups in total. The molecule has 172 valence electrons. The summed E-state index contributed by atoms with van der Waals surface area (Å²) in [4.78, 5) is 44.1. The van der Waals surface area contributed by atoms with E-state index in [2.05, 4.69) is 10.3 Å². The maximum atomic E-state index is 13.0. The molecule has 0 saturated heterocycles. The molecule has 0 unspecified atom stereocenters. The minimum atomic E-state index is -0.329. The molecule has 0 radical (unpaired) electrons. The van der Waals surface area contributed by atoms with Gasteiger partial charge in [0.1, 0.15) is 11.6 Å². The number of nitrogens with zero attached hydrogens (tertiary/aromatic N) is 3. The summed E-state index contributed by atoms with van der Waals surface area (Å²) < 4.78 is 6.67. The molecule has 8 heteroatoms. The van der Waals surface area contributed by atoms with Crippen molar-refractivity contribution in [3.8, 4) is 11.4 Å². The Hall–Kier alpha value is -4.46. The zero-order valence-corrected chi connectivity index (χ0v) is 19.1. The van der Waals surface area contributed by atoms with Crippen LogP contribution in [0.1, 0.15) is 16.2 Å². The Morgan fingerprint density at radius 2 is 1.76 bits per heavy atom. The molecule has 0 aliphatic heterocycles. The second-order valence-electron chi connectivity index (χ2n) is 7.80. The highest BCUT2D eigenvalue weighted by molar-refractivity contribution is 5.99. The van der Waals surface area contributed by atoms with Crippen LogP contribution < -0.4 is 15.6 Å². The number of rotatable bonds is 6. The van der Waals surface area contributed by atoms with Crippen LogP contribution in [0.4, 0.5) is 5.69 Å². The normalized spacial score (nSPS) is 10.7. The molecule has 0 aliphatic rings. The lowest BCUT2D eigenvalue weighted by Crippen LogP contribution is -2.35. The fourth-order valence-electron chi connectivity index (χ4n) is 3.71. The zero-order valence-electron chi connectivity index (χ0n) is 19.1. The standard InChI is InChI=1S/C26H24N4O4/c1-17-27-23-10-5-4-9-22(23)26(33)30(17)20-13-11-18(12-14-20)25(32)29(2)16-24(31)28-19-7-6-8-21(15-19)34-3/h4-15H,16H2,1-3H3,(H,28,31). The van der Waals surface area contributed by atoms with Crippen LogP contribution in [0.15, 0.2) is 77.6 Å². The van der Waals surface area contributed by atoms with Crippen LogP contribution in [0.2, 0.25) is 0 Å². The Labute approximate surface area is 196 Å². The van der Waals surface area contributed by atoms with Gasteiger partial charge in [0.25, 0.3) is 11.5 Å². The number of likely N-dealkylation sites (N-methyl/N-ethyl adjacent to an activating group) is 1. The minimum Gasteiger partial charge on any atom is -0.497 e. The van der Waals surface area contributed by atoms with E-state index in [1.54, 1.807) is 87.8 Å². The van der Waals surface area contributed by atoms with Gasteiger partial charge in [0, 0.05) is 24.4 Å². The van der Waals surface area contributed by atoms with Crippen LogP contribution in [0.3, 0.4) is 0 Å². The first-order chi connectivity index (χ1) is 16.4. The summed E-state index contributed by atoms with van der Waals surface area (Å²) in [7, 11) is 3.11. The number of aryl methyl sites for hydroxylation is 1. The summed E-state index contributed by atoms with van der Waals surface area (Å²) in [5.41, 5.74) is 2.06. The van der Waals surface area contributed by atoms with Crippen LogP contribution in [0.5, 0.6) is 5.75 Å². The number of fused-ring (bicyclic) bond motifs is 1. The van der Waals surface area contributed by atoms with Gasteiger partial charge in [0.05, 0.1) is 30.2 Å². The number of amides is 2. The summed E-state index contributed by atoms with van der Waals surface area (Å²) in [6, 6.07) is 20.8. The van der Waals surface area contributed by atoms with E-state index in [0.717, 1.165) is 0 Å². The van der Waals surface area contributed by atoms with Crippen molar-refractivity contribution in [2.45, 2.75) is 6.92 Å². The van der Waals surface area contributed by atoms with Crippen molar-refractivity contribution in [2.24, 2.45) is 0 Å². The van der Waals surface area contributed by atoms with Gasteiger partial charge >= 0.3 is 0 Å². The molecule has 34 heavy (non-hydrogen) atoms. The lowest BCUT2D eigenvalue weighted by Gasteiger charge is -2.17. The molecular formula is C26H24N4O4. The second-order valence-corrected chi connectivity index (χ2v) is 7.80. The van der Waals surface area contributed by atoms with Crippen molar-refractivity contribution < 1.29 is 14.3 Å². The number of nitrogens with one attached hydrogen (secondary N) is 1. The SMILES string of the molecule is COc1cccc(NC(=O)CN(C)C(=O)c2ccc(-n3c(C)nc4ccccc4c3=O)cc2)c1. The predicted molar refractivity (Wildman–Crippen MR) is 131 cm³/mol. The van der Waals surface area contributed by atoms with Gasteiger partial charge in [-0.1, -0.05) is 18.2 Å². The zero-order chi connectivity index (χ0) is 24.2. The first kappa shape index (κ1) is 22.7. The largest absolute Gasteiger partial charge is 0.497 e. The maximum absolute atomic E-state index is 13.0. The third kappa shape index (κ3) is 4.66. The van der Waals surface area contributed by atoms with E-state index in [1.165, 1.54) is 9.47 Å². The van der Waals surface area contributed by atoms with Gasteiger partial charge in [0.2, 0.25) is 5.91 Å². The van der Waals surface area contributed by atoms with Gasteiger partial charge in [-0.25, -0.2) is 4.98 Å². The van der Waals surface area contributed by atoms with Gasteiger partial charge < -0.3 is 15.0 Å². The molecule has 0 fully saturated rings. The summed E-state index contributed by atoms with van der Waals surface area (Å²) >= 11 is 0. The lowest BCUT2D eigenvalue weighted by atomic mass is 10.1. The van der Waals surface area contributed by atoms with E-state index < -0.39 is 0 Å². The number of hydrogen-bond acceptors (Lipinski definition) is 5. The molecule has 0 spiro atoms. The Morgan fingerprint density at radius 1 is 1.03 bits per heavy atom. The molecule has 0 aliphatic carbocycles. The number of hydrogen-bond donors (Lipinski definition) is 1. The molecule has 0 saturated carbocycles. The molecule has 1 aromatic heterocycles. The molecule has 0 bridgehead atoms. The highest BCUT2D eigenvalue weighted by Crippen LogP contribution is 2.17. The number of methoxy groups -OCH3 is 1. The fraction of sp³-hybridized carbons (Fsp3) is 0.154. The molecule has 3 aromatic carbocycles. The van der Waals surface area contributed by atoms with E-state index >= 15 is 0 Å². The van der Waals surface area contributed by atoms with Gasteiger partial charge in [0.15, 0.2) is 0 Å². The summed E-state index contributed by atoms with van der Waals surface area (Å²) in [5.74, 6) is 0.533. The highest BCUT2D eigenvalue weighted by Gasteiger charge is 2.16. The van der Waals surface area contributed by atoms with Gasteiger partial charge in [-0.3, -0.25) is 19.0 Å². The Bertz CT molecular complexity index is 1430. The van der Waals surface area contributed by atoms with Crippen molar-refractivity contribution in [3.05, 3.63) is 94.5 Å². The van der Waals surface area contributed by atoms with Crippen LogP contribution in [0.25, 0.3) is 16.6 Å². The van der Waals surface area contributed by atoms with Crippen molar-refractivity contribution in [3.63, 3.8) is 0 Å². The molecule has 2 amide bonds. The minimum absolute atomic E-state index is 0.120. The number of aromatic nitrogens is 2. The van der Waals surface area contributed by atoms with Crippen molar-refractivity contribution in [1.29, 1.82) is 0 Å². The maximum Gasteiger partial charge on any atom is 0.265 e. The third-order valence-corrected chi connectivity index (χ3v) is 5.40. The molecule has 4 rings (SSSR count). The number of benzene rings is 3. The first-order valence-electron chi connectivity index (χ1n) is 10.7. The monoisotopic (exact) mass is 456 g/mol. The topological polar surface area (TPSA) is 93.5 Å². The van der Waals surface area contributed by atoms with E-state index in [9.17, 15) is 14.4 Å².